The van der Waals surface area contributed by atoms with Gasteiger partial charge in [-0.3, -0.25) is 0 Å². The predicted molar refractivity (Wildman–Crippen MR) is 149 cm³/mol. The summed E-state index contributed by atoms with van der Waals surface area (Å²) in [7, 11) is -1.57. The van der Waals surface area contributed by atoms with Crippen molar-refractivity contribution in [1.82, 2.24) is 0 Å². The highest BCUT2D eigenvalue weighted by atomic mass is 28.3. The van der Waals surface area contributed by atoms with Crippen LogP contribution < -0.4 is 5.19 Å². The molecule has 0 radical (unpaired) electrons. The molecule has 0 amide bonds. The van der Waals surface area contributed by atoms with Crippen LogP contribution in [0.15, 0.2) is 53.3 Å². The van der Waals surface area contributed by atoms with Gasteiger partial charge in [0, 0.05) is 0 Å². The van der Waals surface area contributed by atoms with Crippen molar-refractivity contribution in [2.45, 2.75) is 136 Å². The summed E-state index contributed by atoms with van der Waals surface area (Å²) < 4.78 is 0. The molecule has 0 spiro atoms. The first-order valence-electron chi connectivity index (χ1n) is 14.1. The van der Waals surface area contributed by atoms with Gasteiger partial charge in [-0.25, -0.2) is 0 Å². The average Bonchev–Trinajstić information content (AvgIpc) is 3.25. The van der Waals surface area contributed by atoms with Crippen LogP contribution in [0.4, 0.5) is 0 Å². The predicted octanol–water partition coefficient (Wildman–Crippen LogP) is 10.0. The van der Waals surface area contributed by atoms with Gasteiger partial charge in [0.1, 0.15) is 8.07 Å². The molecule has 1 atom stereocenters. The summed E-state index contributed by atoms with van der Waals surface area (Å²) >= 11 is 0. The molecule has 1 aliphatic carbocycles. The highest BCUT2D eigenvalue weighted by molar-refractivity contribution is 6.97. The molecule has 0 nitrogen and oxygen atoms in total. The van der Waals surface area contributed by atoms with Gasteiger partial charge in [-0.05, 0) is 19.4 Å². The summed E-state index contributed by atoms with van der Waals surface area (Å²) in [6, 6.07) is 12.8. The lowest BCUT2D eigenvalue weighted by Crippen LogP contribution is -2.47. The molecule has 1 aromatic rings. The topological polar surface area (TPSA) is 0 Å². The van der Waals surface area contributed by atoms with Gasteiger partial charge in [0.25, 0.3) is 0 Å². The molecule has 1 heteroatoms. The maximum Gasteiger partial charge on any atom is 0.115 e. The van der Waals surface area contributed by atoms with Crippen LogP contribution >= 0.6 is 0 Å². The second kappa shape index (κ2) is 16.5. The van der Waals surface area contributed by atoms with Crippen LogP contribution in [0, 0.1) is 0 Å². The minimum absolute atomic E-state index is 1.15. The molecule has 1 unspecified atom stereocenters. The van der Waals surface area contributed by atoms with Crippen LogP contribution in [0.3, 0.4) is 0 Å². The Balaban J connectivity index is 1.52. The summed E-state index contributed by atoms with van der Waals surface area (Å²) in [4.78, 5) is 0. The lowest BCUT2D eigenvalue weighted by Gasteiger charge is -2.31. The monoisotopic (exact) mass is 452 g/mol. The van der Waals surface area contributed by atoms with Crippen molar-refractivity contribution in [1.29, 1.82) is 0 Å². The number of hydrogen-bond donors (Lipinski definition) is 0. The second-order valence-corrected chi connectivity index (χ2v) is 14.8. The van der Waals surface area contributed by atoms with E-state index in [1.165, 1.54) is 109 Å². The molecule has 1 aliphatic rings. The summed E-state index contributed by atoms with van der Waals surface area (Å²) in [5.74, 6) is 0. The largest absolute Gasteiger partial charge is 0.115 e. The third kappa shape index (κ3) is 9.82. The van der Waals surface area contributed by atoms with Crippen molar-refractivity contribution in [2.75, 3.05) is 0 Å². The number of benzene rings is 1. The molecule has 32 heavy (non-hydrogen) atoms. The normalized spacial score (nSPS) is 15.5. The Morgan fingerprint density at radius 3 is 1.53 bits per heavy atom. The maximum atomic E-state index is 2.61. The third-order valence-electron chi connectivity index (χ3n) is 7.71. The van der Waals surface area contributed by atoms with E-state index in [4.69, 9.17) is 0 Å². The quantitative estimate of drug-likeness (QED) is 0.145. The Morgan fingerprint density at radius 1 is 0.625 bits per heavy atom. The molecule has 0 N–H and O–H groups in total. The molecule has 0 aliphatic heterocycles. The number of allylic oxidation sites excluding steroid dienone is 4. The average molecular weight is 453 g/mol. The first-order valence-corrected chi connectivity index (χ1v) is 16.8. The van der Waals surface area contributed by atoms with Gasteiger partial charge in [-0.15, -0.1) is 0 Å². The Bertz CT molecular complexity index is 656. The summed E-state index contributed by atoms with van der Waals surface area (Å²) in [5, 5.41) is 3.34. The van der Waals surface area contributed by atoms with Crippen LogP contribution in [0.25, 0.3) is 0 Å². The SMILES string of the molecule is CCCCCCCCCCCCCCCCCC[Si](C)(C1=CCC=C1C)c1ccccc1. The molecular formula is C31H52Si. The van der Waals surface area contributed by atoms with Gasteiger partial charge in [0.05, 0.1) is 0 Å². The van der Waals surface area contributed by atoms with E-state index in [1.807, 2.05) is 0 Å². The molecule has 180 valence electrons. The maximum absolute atomic E-state index is 2.61. The van der Waals surface area contributed by atoms with Crippen LogP contribution in [0.2, 0.25) is 12.6 Å². The second-order valence-electron chi connectivity index (χ2n) is 10.5. The van der Waals surface area contributed by atoms with E-state index in [9.17, 15) is 0 Å². The van der Waals surface area contributed by atoms with Crippen LogP contribution in [0.1, 0.15) is 123 Å². The minimum atomic E-state index is -1.57. The summed E-state index contributed by atoms with van der Waals surface area (Å²) in [5.41, 5.74) is 1.56. The van der Waals surface area contributed by atoms with Gasteiger partial charge in [-0.1, -0.05) is 175 Å². The van der Waals surface area contributed by atoms with E-state index in [0.717, 1.165) is 6.42 Å². The minimum Gasteiger partial charge on any atom is -0.0808 e. The van der Waals surface area contributed by atoms with Gasteiger partial charge in [-0.2, -0.15) is 0 Å². The Morgan fingerprint density at radius 2 is 1.09 bits per heavy atom. The molecule has 0 fully saturated rings. The zero-order chi connectivity index (χ0) is 22.9. The molecule has 0 bridgehead atoms. The zero-order valence-electron chi connectivity index (χ0n) is 21.8. The standard InChI is InChI=1S/C31H52Si/c1-4-5-6-7-8-9-10-11-12-13-14-15-16-17-18-22-28-32(3,30-25-20-19-21-26-30)31-27-23-24-29(31)2/h19-21,24-27H,4-18,22-23,28H2,1-3H3. The first kappa shape index (κ1) is 27.2. The molecule has 0 heterocycles. The molecule has 0 aromatic heterocycles. The van der Waals surface area contributed by atoms with Crippen molar-refractivity contribution >= 4 is 13.3 Å². The molecular weight excluding hydrogens is 400 g/mol. The van der Waals surface area contributed by atoms with Gasteiger partial charge < -0.3 is 0 Å². The summed E-state index contributed by atoms with van der Waals surface area (Å²) in [6.45, 7) is 7.25. The van der Waals surface area contributed by atoms with Gasteiger partial charge in [0.15, 0.2) is 0 Å². The number of hydrogen-bond acceptors (Lipinski definition) is 0. The lowest BCUT2D eigenvalue weighted by molar-refractivity contribution is 0.531. The van der Waals surface area contributed by atoms with E-state index in [2.05, 4.69) is 62.9 Å². The van der Waals surface area contributed by atoms with E-state index >= 15 is 0 Å². The van der Waals surface area contributed by atoms with E-state index in [-0.39, 0.29) is 0 Å². The number of rotatable bonds is 19. The first-order chi connectivity index (χ1) is 15.7. The zero-order valence-corrected chi connectivity index (χ0v) is 22.8. The molecule has 2 rings (SSSR count). The molecule has 1 aromatic carbocycles. The van der Waals surface area contributed by atoms with E-state index in [1.54, 1.807) is 16.0 Å². The fourth-order valence-electron chi connectivity index (χ4n) is 5.55. The highest BCUT2D eigenvalue weighted by Crippen LogP contribution is 2.32. The Hall–Kier alpha value is -1.08. The van der Waals surface area contributed by atoms with Crippen molar-refractivity contribution in [3.05, 3.63) is 53.3 Å². The Labute approximate surface area is 202 Å². The van der Waals surface area contributed by atoms with Crippen molar-refractivity contribution < 1.29 is 0 Å². The smallest absolute Gasteiger partial charge is 0.0808 e. The van der Waals surface area contributed by atoms with E-state index in [0.29, 0.717) is 0 Å². The van der Waals surface area contributed by atoms with Crippen LogP contribution in [0.5, 0.6) is 0 Å². The Kier molecular flexibility index (Phi) is 14.0. The van der Waals surface area contributed by atoms with Crippen LogP contribution in [-0.2, 0) is 0 Å². The highest BCUT2D eigenvalue weighted by Gasteiger charge is 2.34. The van der Waals surface area contributed by atoms with Gasteiger partial charge in [0.2, 0.25) is 0 Å². The van der Waals surface area contributed by atoms with Crippen molar-refractivity contribution in [3.8, 4) is 0 Å². The fraction of sp³-hybridized carbons (Fsp3) is 0.677. The van der Waals surface area contributed by atoms with Crippen LogP contribution in [-0.4, -0.2) is 8.07 Å². The lowest BCUT2D eigenvalue weighted by atomic mass is 10.0. The van der Waals surface area contributed by atoms with E-state index < -0.39 is 8.07 Å². The molecule has 0 saturated carbocycles. The number of unbranched alkanes of at least 4 members (excludes halogenated alkanes) is 15. The summed E-state index contributed by atoms with van der Waals surface area (Å²) in [6.07, 6.45) is 29.3. The van der Waals surface area contributed by atoms with Crippen molar-refractivity contribution in [3.63, 3.8) is 0 Å². The fourth-order valence-corrected chi connectivity index (χ4v) is 9.85. The van der Waals surface area contributed by atoms with Gasteiger partial charge >= 0.3 is 0 Å². The molecule has 0 saturated heterocycles. The third-order valence-corrected chi connectivity index (χ3v) is 12.5. The van der Waals surface area contributed by atoms with Crippen molar-refractivity contribution in [2.24, 2.45) is 0 Å².